The molecule has 3 fully saturated rings. The van der Waals surface area contributed by atoms with Gasteiger partial charge in [0.1, 0.15) is 5.75 Å². The van der Waals surface area contributed by atoms with Crippen LogP contribution in [-0.4, -0.2) is 70.7 Å². The van der Waals surface area contributed by atoms with Gasteiger partial charge in [0, 0.05) is 57.3 Å². The Morgan fingerprint density at radius 2 is 1.68 bits per heavy atom. The third-order valence-corrected chi connectivity index (χ3v) is 5.90. The summed E-state index contributed by atoms with van der Waals surface area (Å²) < 4.78 is 17.1. The van der Waals surface area contributed by atoms with Gasteiger partial charge >= 0.3 is 0 Å². The van der Waals surface area contributed by atoms with Crippen LogP contribution in [0, 0.1) is 5.92 Å². The fourth-order valence-corrected chi connectivity index (χ4v) is 4.07. The first-order valence-corrected chi connectivity index (χ1v) is 9.66. The molecule has 3 aliphatic heterocycles. The summed E-state index contributed by atoms with van der Waals surface area (Å²) in [7, 11) is 0. The van der Waals surface area contributed by atoms with Crippen LogP contribution in [0.3, 0.4) is 0 Å². The lowest BCUT2D eigenvalue weighted by Crippen LogP contribution is -2.48. The Bertz CT molecular complexity index is 532. The van der Waals surface area contributed by atoms with Crippen molar-refractivity contribution in [3.05, 3.63) is 29.8 Å². The van der Waals surface area contributed by atoms with Crippen LogP contribution in [0.4, 0.5) is 0 Å². The molecule has 3 heterocycles. The second kappa shape index (κ2) is 8.04. The number of nitrogens with zero attached hydrogens (tertiary/aromatic N) is 1. The number of ether oxygens (including phenoxy) is 3. The van der Waals surface area contributed by atoms with E-state index in [1.807, 2.05) is 0 Å². The minimum atomic E-state index is 0.200. The number of rotatable bonds is 6. The fourth-order valence-electron chi connectivity index (χ4n) is 4.07. The van der Waals surface area contributed by atoms with E-state index in [2.05, 4.69) is 34.5 Å². The van der Waals surface area contributed by atoms with E-state index in [0.717, 1.165) is 84.3 Å². The number of hydrogen-bond donors (Lipinski definition) is 1. The lowest BCUT2D eigenvalue weighted by atomic mass is 9.73. The molecule has 5 heteroatoms. The van der Waals surface area contributed by atoms with Crippen molar-refractivity contribution >= 4 is 0 Å². The molecule has 1 aromatic rings. The molecule has 25 heavy (non-hydrogen) atoms. The lowest BCUT2D eigenvalue weighted by molar-refractivity contribution is -0.00120. The van der Waals surface area contributed by atoms with Gasteiger partial charge in [-0.3, -0.25) is 4.90 Å². The molecule has 0 spiro atoms. The Hall–Kier alpha value is -1.14. The minimum absolute atomic E-state index is 0.200. The highest BCUT2D eigenvalue weighted by Gasteiger charge is 2.36. The molecule has 5 nitrogen and oxygen atoms in total. The van der Waals surface area contributed by atoms with E-state index in [0.29, 0.717) is 5.92 Å². The van der Waals surface area contributed by atoms with E-state index in [1.165, 1.54) is 5.56 Å². The quantitative estimate of drug-likeness (QED) is 0.849. The first-order chi connectivity index (χ1) is 12.3. The van der Waals surface area contributed by atoms with Crippen molar-refractivity contribution in [2.75, 3.05) is 65.8 Å². The Kier molecular flexibility index (Phi) is 5.56. The average molecular weight is 346 g/mol. The van der Waals surface area contributed by atoms with Crippen molar-refractivity contribution in [1.82, 2.24) is 10.2 Å². The molecule has 3 aliphatic rings. The Morgan fingerprint density at radius 1 is 1.00 bits per heavy atom. The molecule has 1 N–H and O–H groups in total. The van der Waals surface area contributed by atoms with Gasteiger partial charge in [0.05, 0.1) is 19.8 Å². The summed E-state index contributed by atoms with van der Waals surface area (Å²) in [6.07, 6.45) is 2.19. The van der Waals surface area contributed by atoms with E-state index >= 15 is 0 Å². The van der Waals surface area contributed by atoms with Crippen LogP contribution in [0.25, 0.3) is 0 Å². The number of hydrogen-bond acceptors (Lipinski definition) is 5. The summed E-state index contributed by atoms with van der Waals surface area (Å²) in [4.78, 5) is 2.56. The largest absolute Gasteiger partial charge is 0.493 e. The molecule has 0 aromatic heterocycles. The molecular formula is C20H30N2O3. The molecule has 1 aromatic carbocycles. The Balaban J connectivity index is 1.44. The maximum absolute atomic E-state index is 5.94. The highest BCUT2D eigenvalue weighted by Crippen LogP contribution is 2.36. The van der Waals surface area contributed by atoms with Crippen molar-refractivity contribution < 1.29 is 14.2 Å². The van der Waals surface area contributed by atoms with Crippen molar-refractivity contribution in [3.8, 4) is 5.75 Å². The zero-order valence-electron chi connectivity index (χ0n) is 15.0. The summed E-state index contributed by atoms with van der Waals surface area (Å²) in [5.74, 6) is 1.66. The van der Waals surface area contributed by atoms with Gasteiger partial charge in [-0.25, -0.2) is 0 Å². The molecule has 0 aliphatic carbocycles. The molecule has 0 saturated carbocycles. The summed E-state index contributed by atoms with van der Waals surface area (Å²) in [6.45, 7) is 9.60. The monoisotopic (exact) mass is 346 g/mol. The zero-order chi connectivity index (χ0) is 17.0. The second-order valence-corrected chi connectivity index (χ2v) is 7.64. The Labute approximate surface area is 150 Å². The highest BCUT2D eigenvalue weighted by molar-refractivity contribution is 5.33. The van der Waals surface area contributed by atoms with Crippen LogP contribution in [0.2, 0.25) is 0 Å². The van der Waals surface area contributed by atoms with E-state index in [9.17, 15) is 0 Å². The smallest absolute Gasteiger partial charge is 0.119 e. The van der Waals surface area contributed by atoms with Crippen molar-refractivity contribution in [2.45, 2.75) is 18.3 Å². The van der Waals surface area contributed by atoms with Crippen LogP contribution in [0.15, 0.2) is 24.3 Å². The van der Waals surface area contributed by atoms with Crippen LogP contribution in [0.5, 0.6) is 5.75 Å². The fraction of sp³-hybridized carbons (Fsp3) is 0.700. The zero-order valence-corrected chi connectivity index (χ0v) is 15.0. The van der Waals surface area contributed by atoms with E-state index < -0.39 is 0 Å². The van der Waals surface area contributed by atoms with Crippen LogP contribution in [-0.2, 0) is 14.9 Å². The van der Waals surface area contributed by atoms with Gasteiger partial charge in [-0.2, -0.15) is 0 Å². The van der Waals surface area contributed by atoms with Crippen LogP contribution >= 0.6 is 0 Å². The number of morpholine rings is 1. The van der Waals surface area contributed by atoms with E-state index in [-0.39, 0.29) is 5.41 Å². The van der Waals surface area contributed by atoms with Gasteiger partial charge in [0.25, 0.3) is 0 Å². The van der Waals surface area contributed by atoms with E-state index in [1.54, 1.807) is 0 Å². The minimum Gasteiger partial charge on any atom is -0.493 e. The topological polar surface area (TPSA) is 43.0 Å². The molecular weight excluding hydrogens is 316 g/mol. The van der Waals surface area contributed by atoms with Gasteiger partial charge in [-0.1, -0.05) is 12.1 Å². The first-order valence-electron chi connectivity index (χ1n) is 9.66. The highest BCUT2D eigenvalue weighted by atomic mass is 16.5. The average Bonchev–Trinajstić information content (AvgIpc) is 2.63. The third kappa shape index (κ3) is 4.17. The Morgan fingerprint density at radius 3 is 2.32 bits per heavy atom. The molecule has 0 unspecified atom stereocenters. The molecule has 0 amide bonds. The molecule has 0 radical (unpaired) electrons. The molecule has 0 atom stereocenters. The number of nitrogens with one attached hydrogen (secondary N) is 1. The van der Waals surface area contributed by atoms with Crippen molar-refractivity contribution in [3.63, 3.8) is 0 Å². The SMILES string of the molecule is c1cc(C2(CN3CCOCC3)CCOCC2)ccc1OCC1CNC1. The summed E-state index contributed by atoms with van der Waals surface area (Å²) in [6, 6.07) is 8.86. The summed E-state index contributed by atoms with van der Waals surface area (Å²) in [5.41, 5.74) is 1.63. The predicted octanol–water partition coefficient (Wildman–Crippen LogP) is 1.67. The normalized spacial score (nSPS) is 24.6. The lowest BCUT2D eigenvalue weighted by Gasteiger charge is -2.42. The second-order valence-electron chi connectivity index (χ2n) is 7.64. The van der Waals surface area contributed by atoms with E-state index in [4.69, 9.17) is 14.2 Å². The maximum Gasteiger partial charge on any atom is 0.119 e. The number of benzene rings is 1. The van der Waals surface area contributed by atoms with Crippen LogP contribution < -0.4 is 10.1 Å². The van der Waals surface area contributed by atoms with Gasteiger partial charge in [-0.15, -0.1) is 0 Å². The van der Waals surface area contributed by atoms with Crippen molar-refractivity contribution in [1.29, 1.82) is 0 Å². The molecule has 4 rings (SSSR count). The first kappa shape index (κ1) is 17.3. The van der Waals surface area contributed by atoms with Gasteiger partial charge in [0.15, 0.2) is 0 Å². The van der Waals surface area contributed by atoms with Gasteiger partial charge in [0.2, 0.25) is 0 Å². The molecule has 3 saturated heterocycles. The van der Waals surface area contributed by atoms with Gasteiger partial charge < -0.3 is 19.5 Å². The van der Waals surface area contributed by atoms with Crippen molar-refractivity contribution in [2.24, 2.45) is 5.92 Å². The third-order valence-electron chi connectivity index (χ3n) is 5.90. The van der Waals surface area contributed by atoms with Crippen LogP contribution in [0.1, 0.15) is 18.4 Å². The maximum atomic E-state index is 5.94. The molecule has 0 bridgehead atoms. The standard InChI is InChI=1S/C20H30N2O3/c1-3-19(25-15-17-13-21-14-17)4-2-18(1)20(5-9-23-10-6-20)16-22-7-11-24-12-8-22/h1-4,17,21H,5-16H2. The van der Waals surface area contributed by atoms with Gasteiger partial charge in [-0.05, 0) is 30.5 Å². The molecule has 138 valence electrons. The predicted molar refractivity (Wildman–Crippen MR) is 97.3 cm³/mol. The summed E-state index contributed by atoms with van der Waals surface area (Å²) >= 11 is 0. The summed E-state index contributed by atoms with van der Waals surface area (Å²) in [5, 5.41) is 3.29.